The highest BCUT2D eigenvalue weighted by molar-refractivity contribution is 6.54. The van der Waals surface area contributed by atoms with Crippen LogP contribution in [-0.2, 0) is 4.79 Å². The van der Waals surface area contributed by atoms with Gasteiger partial charge in [0.05, 0.1) is 5.69 Å². The SMILES string of the molecule is CCN1C(=O)/C(=N/NC(=O)c2ccc(O)cc2)c2ccccc21. The molecule has 23 heavy (non-hydrogen) atoms. The minimum Gasteiger partial charge on any atom is -0.508 e. The predicted octanol–water partition coefficient (Wildman–Crippen LogP) is 1.89. The zero-order valence-corrected chi connectivity index (χ0v) is 12.5. The summed E-state index contributed by atoms with van der Waals surface area (Å²) in [5.41, 5.74) is 4.45. The number of nitrogens with zero attached hydrogens (tertiary/aromatic N) is 2. The van der Waals surface area contributed by atoms with Gasteiger partial charge in [0, 0.05) is 17.7 Å². The van der Waals surface area contributed by atoms with Crippen LogP contribution in [0.15, 0.2) is 53.6 Å². The number of aromatic hydroxyl groups is 1. The fraction of sp³-hybridized carbons (Fsp3) is 0.118. The standard InChI is InChI=1S/C17H15N3O3/c1-2-20-14-6-4-3-5-13(14)15(17(20)23)18-19-16(22)11-7-9-12(21)10-8-11/h3-10,21H,2H2,1H3,(H,19,22)/b18-15+. The fourth-order valence-electron chi connectivity index (χ4n) is 2.47. The molecule has 0 spiro atoms. The van der Waals surface area contributed by atoms with E-state index in [1.165, 1.54) is 24.3 Å². The van der Waals surface area contributed by atoms with E-state index in [0.29, 0.717) is 17.7 Å². The quantitative estimate of drug-likeness (QED) is 0.850. The molecular formula is C17H15N3O3. The molecule has 0 fully saturated rings. The number of anilines is 1. The summed E-state index contributed by atoms with van der Waals surface area (Å²) in [6.45, 7) is 2.41. The van der Waals surface area contributed by atoms with E-state index in [2.05, 4.69) is 10.5 Å². The number of para-hydroxylation sites is 1. The van der Waals surface area contributed by atoms with E-state index in [4.69, 9.17) is 0 Å². The predicted molar refractivity (Wildman–Crippen MR) is 86.6 cm³/mol. The number of hydrazone groups is 1. The van der Waals surface area contributed by atoms with E-state index in [1.54, 1.807) is 11.0 Å². The highest BCUT2D eigenvalue weighted by atomic mass is 16.3. The largest absolute Gasteiger partial charge is 0.508 e. The first kappa shape index (κ1) is 14.8. The molecule has 2 aromatic rings. The zero-order valence-electron chi connectivity index (χ0n) is 12.5. The van der Waals surface area contributed by atoms with Gasteiger partial charge in [-0.2, -0.15) is 5.10 Å². The Labute approximate surface area is 133 Å². The smallest absolute Gasteiger partial charge is 0.279 e. The lowest BCUT2D eigenvalue weighted by molar-refractivity contribution is -0.112. The van der Waals surface area contributed by atoms with E-state index in [1.807, 2.05) is 25.1 Å². The van der Waals surface area contributed by atoms with Crippen molar-refractivity contribution in [3.8, 4) is 5.75 Å². The molecule has 0 aromatic heterocycles. The molecular weight excluding hydrogens is 294 g/mol. The minimum absolute atomic E-state index is 0.0753. The first-order valence-electron chi connectivity index (χ1n) is 7.20. The van der Waals surface area contributed by atoms with Crippen LogP contribution in [0.2, 0.25) is 0 Å². The Morgan fingerprint density at radius 2 is 1.87 bits per heavy atom. The van der Waals surface area contributed by atoms with Crippen molar-refractivity contribution < 1.29 is 14.7 Å². The third kappa shape index (κ3) is 2.66. The maximum atomic E-state index is 12.4. The van der Waals surface area contributed by atoms with Crippen molar-refractivity contribution >= 4 is 23.2 Å². The van der Waals surface area contributed by atoms with E-state index in [9.17, 15) is 14.7 Å². The fourth-order valence-corrected chi connectivity index (χ4v) is 2.47. The first-order chi connectivity index (χ1) is 11.1. The molecule has 1 aliphatic heterocycles. The van der Waals surface area contributed by atoms with E-state index >= 15 is 0 Å². The van der Waals surface area contributed by atoms with Crippen molar-refractivity contribution in [2.75, 3.05) is 11.4 Å². The number of nitrogens with one attached hydrogen (secondary N) is 1. The number of carbonyl (C=O) groups is 2. The third-order valence-corrected chi connectivity index (χ3v) is 3.61. The van der Waals surface area contributed by atoms with E-state index < -0.39 is 5.91 Å². The molecule has 2 N–H and O–H groups in total. The molecule has 0 aliphatic carbocycles. The number of amides is 2. The third-order valence-electron chi connectivity index (χ3n) is 3.61. The van der Waals surface area contributed by atoms with Crippen LogP contribution in [0.5, 0.6) is 5.75 Å². The maximum Gasteiger partial charge on any atom is 0.279 e. The van der Waals surface area contributed by atoms with Crippen LogP contribution in [-0.4, -0.2) is 29.2 Å². The Balaban J connectivity index is 1.86. The maximum absolute atomic E-state index is 12.4. The summed E-state index contributed by atoms with van der Waals surface area (Å²) in [7, 11) is 0. The lowest BCUT2D eigenvalue weighted by Crippen LogP contribution is -2.31. The van der Waals surface area contributed by atoms with Crippen LogP contribution in [0.4, 0.5) is 5.69 Å². The highest BCUT2D eigenvalue weighted by Gasteiger charge is 2.32. The summed E-state index contributed by atoms with van der Waals surface area (Å²) in [6.07, 6.45) is 0. The van der Waals surface area contributed by atoms with E-state index in [-0.39, 0.29) is 17.4 Å². The van der Waals surface area contributed by atoms with Crippen LogP contribution >= 0.6 is 0 Å². The van der Waals surface area contributed by atoms with Gasteiger partial charge in [0.15, 0.2) is 5.71 Å². The zero-order chi connectivity index (χ0) is 16.4. The summed E-state index contributed by atoms with van der Waals surface area (Å²) in [4.78, 5) is 26.1. The molecule has 0 bridgehead atoms. The number of hydrogen-bond acceptors (Lipinski definition) is 4. The molecule has 1 aliphatic rings. The number of likely N-dealkylation sites (N-methyl/N-ethyl adjacent to an activating group) is 1. The van der Waals surface area contributed by atoms with Crippen LogP contribution < -0.4 is 10.3 Å². The Morgan fingerprint density at radius 3 is 2.57 bits per heavy atom. The number of fused-ring (bicyclic) bond motifs is 1. The van der Waals surface area contributed by atoms with Crippen molar-refractivity contribution in [2.24, 2.45) is 5.10 Å². The molecule has 3 rings (SSSR count). The Hall–Kier alpha value is -3.15. The van der Waals surface area contributed by atoms with Gasteiger partial charge < -0.3 is 10.0 Å². The second-order valence-corrected chi connectivity index (χ2v) is 5.01. The summed E-state index contributed by atoms with van der Waals surface area (Å²) >= 11 is 0. The van der Waals surface area contributed by atoms with Gasteiger partial charge in [0.1, 0.15) is 5.75 Å². The van der Waals surface area contributed by atoms with Crippen molar-refractivity contribution in [3.63, 3.8) is 0 Å². The summed E-state index contributed by atoms with van der Waals surface area (Å²) in [5, 5.41) is 13.2. The first-order valence-corrected chi connectivity index (χ1v) is 7.20. The van der Waals surface area contributed by atoms with Crippen LogP contribution in [0, 0.1) is 0 Å². The molecule has 0 saturated heterocycles. The molecule has 2 amide bonds. The number of phenols is 1. The van der Waals surface area contributed by atoms with Gasteiger partial charge in [-0.1, -0.05) is 18.2 Å². The molecule has 6 nitrogen and oxygen atoms in total. The number of benzene rings is 2. The topological polar surface area (TPSA) is 82.0 Å². The van der Waals surface area contributed by atoms with Gasteiger partial charge in [-0.05, 0) is 37.3 Å². The molecule has 0 unspecified atom stereocenters. The second-order valence-electron chi connectivity index (χ2n) is 5.01. The average Bonchev–Trinajstić information content (AvgIpc) is 2.84. The Bertz CT molecular complexity index is 797. The number of hydrogen-bond donors (Lipinski definition) is 2. The van der Waals surface area contributed by atoms with Gasteiger partial charge >= 0.3 is 0 Å². The van der Waals surface area contributed by atoms with Crippen molar-refractivity contribution in [2.45, 2.75) is 6.92 Å². The average molecular weight is 309 g/mol. The Kier molecular flexibility index (Phi) is 3.80. The number of phenolic OH excluding ortho intramolecular Hbond substituents is 1. The van der Waals surface area contributed by atoms with Gasteiger partial charge in [-0.15, -0.1) is 0 Å². The lowest BCUT2D eigenvalue weighted by Gasteiger charge is -2.12. The van der Waals surface area contributed by atoms with Crippen LogP contribution in [0.25, 0.3) is 0 Å². The van der Waals surface area contributed by atoms with Crippen LogP contribution in [0.3, 0.4) is 0 Å². The van der Waals surface area contributed by atoms with Crippen molar-refractivity contribution in [1.29, 1.82) is 0 Å². The van der Waals surface area contributed by atoms with Crippen molar-refractivity contribution in [1.82, 2.24) is 5.43 Å². The van der Waals surface area contributed by atoms with E-state index in [0.717, 1.165) is 5.69 Å². The second kappa shape index (κ2) is 5.92. The monoisotopic (exact) mass is 309 g/mol. The number of carbonyl (C=O) groups excluding carboxylic acids is 2. The summed E-state index contributed by atoms with van der Waals surface area (Å²) in [6, 6.07) is 13.1. The van der Waals surface area contributed by atoms with Gasteiger partial charge in [0.25, 0.3) is 11.8 Å². The molecule has 0 saturated carbocycles. The van der Waals surface area contributed by atoms with Gasteiger partial charge in [-0.3, -0.25) is 9.59 Å². The lowest BCUT2D eigenvalue weighted by atomic mass is 10.1. The van der Waals surface area contributed by atoms with Gasteiger partial charge in [-0.25, -0.2) is 5.43 Å². The number of rotatable bonds is 3. The normalized spacial score (nSPS) is 14.9. The van der Waals surface area contributed by atoms with Crippen molar-refractivity contribution in [3.05, 3.63) is 59.7 Å². The molecule has 6 heteroatoms. The highest BCUT2D eigenvalue weighted by Crippen LogP contribution is 2.28. The summed E-state index contributed by atoms with van der Waals surface area (Å²) < 4.78 is 0. The van der Waals surface area contributed by atoms with Crippen LogP contribution in [0.1, 0.15) is 22.8 Å². The Morgan fingerprint density at radius 1 is 1.17 bits per heavy atom. The molecule has 116 valence electrons. The molecule has 2 aromatic carbocycles. The minimum atomic E-state index is -0.447. The molecule has 0 radical (unpaired) electrons. The molecule has 1 heterocycles. The summed E-state index contributed by atoms with van der Waals surface area (Å²) in [5.74, 6) is -0.608. The van der Waals surface area contributed by atoms with Gasteiger partial charge in [0.2, 0.25) is 0 Å². The molecule has 0 atom stereocenters.